The van der Waals surface area contributed by atoms with Crippen molar-refractivity contribution in [2.24, 2.45) is 0 Å². The Balaban J connectivity index is 1.33. The molecule has 0 spiro atoms. The molecule has 0 atom stereocenters. The Morgan fingerprint density at radius 3 is 1.81 bits per heavy atom. The minimum Gasteiger partial charge on any atom is -0.307 e. The van der Waals surface area contributed by atoms with Crippen molar-refractivity contribution in [2.45, 2.75) is 6.92 Å². The third kappa shape index (κ3) is 4.92. The number of hydrogen-bond donors (Lipinski definition) is 0. The van der Waals surface area contributed by atoms with Crippen LogP contribution in [0.5, 0.6) is 0 Å². The summed E-state index contributed by atoms with van der Waals surface area (Å²) >= 11 is 0. The first-order valence-electron chi connectivity index (χ1n) is 17.7. The van der Waals surface area contributed by atoms with Crippen molar-refractivity contribution in [3.8, 4) is 46.8 Å². The molecule has 10 aromatic rings. The lowest BCUT2D eigenvalue weighted by Gasteiger charge is -2.14. The first kappa shape index (κ1) is 30.5. The molecule has 0 N–H and O–H groups in total. The number of benzene rings is 7. The molecular weight excluding hydrogens is 647 g/mol. The number of rotatable bonds is 5. The van der Waals surface area contributed by atoms with Crippen molar-refractivity contribution in [1.29, 1.82) is 0 Å². The summed E-state index contributed by atoms with van der Waals surface area (Å²) in [6.07, 6.45) is 9.20. The first-order chi connectivity index (χ1) is 26.2. The third-order valence-electron chi connectivity index (χ3n) is 10.2. The van der Waals surface area contributed by atoms with Gasteiger partial charge in [0.05, 0.1) is 22.1 Å². The van der Waals surface area contributed by atoms with Crippen LogP contribution in [-0.4, -0.2) is 24.1 Å². The normalized spacial score (nSPS) is 11.8. The monoisotopic (exact) mass is 677 g/mol. The summed E-state index contributed by atoms with van der Waals surface area (Å²) in [6, 6.07) is 53.3. The molecule has 0 saturated heterocycles. The fraction of sp³-hybridized carbons (Fsp3) is 0.0208. The summed E-state index contributed by atoms with van der Waals surface area (Å²) in [7, 11) is 0. The van der Waals surface area contributed by atoms with Gasteiger partial charge >= 0.3 is 0 Å². The minimum absolute atomic E-state index is 0.552. The topological polar surface area (TPSA) is 48.5 Å². The SMILES string of the molecule is C#C/C=C\c1ccc(-c2nc(-c3ccc4ccccc4c3)nc(-n3c4ccccc4c4ccc5c6ccccc6n(-c6ccccc6)c5c43)n2)cc1C. The van der Waals surface area contributed by atoms with Gasteiger partial charge < -0.3 is 4.57 Å². The van der Waals surface area contributed by atoms with E-state index in [1.54, 1.807) is 6.08 Å². The Bertz CT molecular complexity index is 3140. The molecule has 10 rings (SSSR count). The van der Waals surface area contributed by atoms with Crippen LogP contribution in [0.15, 0.2) is 158 Å². The molecular formula is C48H31N5. The van der Waals surface area contributed by atoms with Crippen LogP contribution in [0.2, 0.25) is 0 Å². The molecule has 3 heterocycles. The maximum Gasteiger partial charge on any atom is 0.238 e. The maximum absolute atomic E-state index is 5.53. The van der Waals surface area contributed by atoms with Crippen molar-refractivity contribution in [1.82, 2.24) is 24.1 Å². The van der Waals surface area contributed by atoms with E-state index in [0.29, 0.717) is 17.6 Å². The minimum atomic E-state index is 0.552. The van der Waals surface area contributed by atoms with Gasteiger partial charge in [-0.05, 0) is 77.4 Å². The van der Waals surface area contributed by atoms with E-state index >= 15 is 0 Å². The van der Waals surface area contributed by atoms with Gasteiger partial charge in [-0.3, -0.25) is 4.57 Å². The highest BCUT2D eigenvalue weighted by Crippen LogP contribution is 2.41. The Labute approximate surface area is 306 Å². The van der Waals surface area contributed by atoms with Crippen LogP contribution in [0.3, 0.4) is 0 Å². The number of hydrogen-bond acceptors (Lipinski definition) is 3. The van der Waals surface area contributed by atoms with Crippen LogP contribution in [0, 0.1) is 19.3 Å². The zero-order chi connectivity index (χ0) is 35.5. The predicted octanol–water partition coefficient (Wildman–Crippen LogP) is 11.5. The molecule has 0 radical (unpaired) electrons. The number of terminal acetylenes is 1. The number of aryl methyl sites for hydroxylation is 1. The highest BCUT2D eigenvalue weighted by molar-refractivity contribution is 6.23. The van der Waals surface area contributed by atoms with E-state index in [1.165, 1.54) is 5.39 Å². The van der Waals surface area contributed by atoms with Crippen molar-refractivity contribution in [2.75, 3.05) is 0 Å². The standard InChI is InChI=1S/C48H31N5/c1-3-4-14-32-23-25-35(29-31(32)2)46-49-47(36-26-24-33-15-8-9-16-34(33)30-36)51-48(50-46)53-43-22-13-11-20-39(43)41-28-27-40-38-19-10-12-21-42(38)52(44(40)45(41)53)37-17-6-5-7-18-37/h1,4-30H,2H3/b14-4-. The smallest absolute Gasteiger partial charge is 0.238 e. The van der Waals surface area contributed by atoms with E-state index in [4.69, 9.17) is 21.4 Å². The van der Waals surface area contributed by atoms with Crippen molar-refractivity contribution < 1.29 is 0 Å². The van der Waals surface area contributed by atoms with Gasteiger partial charge in [0.25, 0.3) is 0 Å². The van der Waals surface area contributed by atoms with Crippen LogP contribution in [-0.2, 0) is 0 Å². The summed E-state index contributed by atoms with van der Waals surface area (Å²) in [5.41, 5.74) is 9.33. The van der Waals surface area contributed by atoms with Gasteiger partial charge in [0.1, 0.15) is 0 Å². The molecule has 5 nitrogen and oxygen atoms in total. The lowest BCUT2D eigenvalue weighted by molar-refractivity contribution is 0.953. The number of nitrogens with zero attached hydrogens (tertiary/aromatic N) is 5. The van der Waals surface area contributed by atoms with Crippen LogP contribution in [0.25, 0.3) is 94.9 Å². The van der Waals surface area contributed by atoms with Crippen molar-refractivity contribution >= 4 is 60.5 Å². The lowest BCUT2D eigenvalue weighted by Crippen LogP contribution is -2.07. The van der Waals surface area contributed by atoms with Crippen LogP contribution >= 0.6 is 0 Å². The molecule has 3 aromatic heterocycles. The molecule has 53 heavy (non-hydrogen) atoms. The highest BCUT2D eigenvalue weighted by Gasteiger charge is 2.23. The largest absolute Gasteiger partial charge is 0.307 e. The zero-order valence-corrected chi connectivity index (χ0v) is 28.9. The molecule has 5 heteroatoms. The van der Waals surface area contributed by atoms with Gasteiger partial charge in [-0.15, -0.1) is 6.42 Å². The van der Waals surface area contributed by atoms with Gasteiger partial charge in [0, 0.05) is 38.4 Å². The molecule has 0 aliphatic heterocycles. The van der Waals surface area contributed by atoms with Gasteiger partial charge in [-0.2, -0.15) is 9.97 Å². The zero-order valence-electron chi connectivity index (χ0n) is 28.9. The molecule has 248 valence electrons. The molecule has 0 amide bonds. The third-order valence-corrected chi connectivity index (χ3v) is 10.2. The van der Waals surface area contributed by atoms with Crippen LogP contribution in [0.4, 0.5) is 0 Å². The molecule has 0 saturated carbocycles. The average molecular weight is 678 g/mol. The summed E-state index contributed by atoms with van der Waals surface area (Å²) < 4.78 is 4.61. The van der Waals surface area contributed by atoms with E-state index in [1.807, 2.05) is 6.08 Å². The highest BCUT2D eigenvalue weighted by atomic mass is 15.2. The summed E-state index contributed by atoms with van der Waals surface area (Å²) in [5, 5.41) is 6.89. The second-order valence-corrected chi connectivity index (χ2v) is 13.3. The first-order valence-corrected chi connectivity index (χ1v) is 17.7. The fourth-order valence-corrected chi connectivity index (χ4v) is 7.74. The number of allylic oxidation sites excluding steroid dienone is 1. The molecule has 0 aliphatic carbocycles. The van der Waals surface area contributed by atoms with E-state index in [0.717, 1.165) is 76.9 Å². The Kier molecular flexibility index (Phi) is 7.02. The van der Waals surface area contributed by atoms with Crippen molar-refractivity contribution in [3.63, 3.8) is 0 Å². The molecule has 0 fully saturated rings. The lowest BCUT2D eigenvalue weighted by atomic mass is 10.0. The Morgan fingerprint density at radius 1 is 0.528 bits per heavy atom. The van der Waals surface area contributed by atoms with Crippen LogP contribution < -0.4 is 0 Å². The van der Waals surface area contributed by atoms with Crippen molar-refractivity contribution in [3.05, 3.63) is 169 Å². The van der Waals surface area contributed by atoms with E-state index in [9.17, 15) is 0 Å². The summed E-state index contributed by atoms with van der Waals surface area (Å²) in [6.45, 7) is 2.08. The molecule has 7 aromatic carbocycles. The number of aromatic nitrogens is 5. The summed E-state index contributed by atoms with van der Waals surface area (Å²) in [5.74, 6) is 4.35. The maximum atomic E-state index is 5.53. The average Bonchev–Trinajstić information content (AvgIpc) is 3.73. The van der Waals surface area contributed by atoms with Gasteiger partial charge in [-0.25, -0.2) is 4.98 Å². The van der Waals surface area contributed by atoms with E-state index in [-0.39, 0.29) is 0 Å². The quantitative estimate of drug-likeness (QED) is 0.170. The second kappa shape index (κ2) is 12.2. The molecule has 0 bridgehead atoms. The molecule has 0 unspecified atom stereocenters. The number of fused-ring (bicyclic) bond motifs is 8. The Hall–Kier alpha value is -7.29. The van der Waals surface area contributed by atoms with E-state index < -0.39 is 0 Å². The van der Waals surface area contributed by atoms with Gasteiger partial charge in [0.2, 0.25) is 5.95 Å². The fourth-order valence-electron chi connectivity index (χ4n) is 7.74. The second-order valence-electron chi connectivity index (χ2n) is 13.3. The Morgan fingerprint density at radius 2 is 1.11 bits per heavy atom. The number of para-hydroxylation sites is 3. The van der Waals surface area contributed by atoms with E-state index in [2.05, 4.69) is 174 Å². The van der Waals surface area contributed by atoms with Gasteiger partial charge in [0.15, 0.2) is 11.6 Å². The molecule has 0 aliphatic rings. The van der Waals surface area contributed by atoms with Crippen LogP contribution in [0.1, 0.15) is 11.1 Å². The summed E-state index contributed by atoms with van der Waals surface area (Å²) in [4.78, 5) is 15.8. The predicted molar refractivity (Wildman–Crippen MR) is 219 cm³/mol. The van der Waals surface area contributed by atoms with Gasteiger partial charge in [-0.1, -0.05) is 121 Å².